The van der Waals surface area contributed by atoms with Gasteiger partial charge in [-0.15, -0.1) is 0 Å². The van der Waals surface area contributed by atoms with Crippen molar-refractivity contribution in [2.45, 2.75) is 12.7 Å². The number of ether oxygens (including phenoxy) is 1. The quantitative estimate of drug-likeness (QED) is 0.843. The average Bonchev–Trinajstić information content (AvgIpc) is 2.14. The van der Waals surface area contributed by atoms with Crippen LogP contribution in [-0.2, 0) is 0 Å². The highest BCUT2D eigenvalue weighted by Crippen LogP contribution is 2.25. The highest BCUT2D eigenvalue weighted by Gasteiger charge is 2.11. The third-order valence-electron chi connectivity index (χ3n) is 1.68. The van der Waals surface area contributed by atoms with Gasteiger partial charge in [0.25, 0.3) is 0 Å². The number of benzene rings is 1. The first-order valence-electron chi connectivity index (χ1n) is 4.07. The normalized spacial score (nSPS) is 12.9. The van der Waals surface area contributed by atoms with Gasteiger partial charge in [0.2, 0.25) is 0 Å². The van der Waals surface area contributed by atoms with Gasteiger partial charge in [0.05, 0.1) is 6.61 Å². The number of hydrogen-bond acceptors (Lipinski definition) is 3. The second-order valence-electron chi connectivity index (χ2n) is 2.80. The predicted molar refractivity (Wildman–Crippen MR) is 50.1 cm³/mol. The van der Waals surface area contributed by atoms with E-state index in [1.807, 2.05) is 0 Å². The Morgan fingerprint density at radius 2 is 2.00 bits per heavy atom. The molecule has 0 aliphatic carbocycles. The molecule has 1 aromatic rings. The summed E-state index contributed by atoms with van der Waals surface area (Å²) in [6.07, 6.45) is -1.16. The lowest BCUT2D eigenvalue weighted by Gasteiger charge is -2.11. The zero-order valence-corrected chi connectivity index (χ0v) is 8.29. The topological polar surface area (TPSA) is 49.7 Å². The molecule has 0 fully saturated rings. The van der Waals surface area contributed by atoms with Gasteiger partial charge in [-0.1, -0.05) is 11.6 Å². The van der Waals surface area contributed by atoms with Gasteiger partial charge in [0, 0.05) is 5.02 Å². The summed E-state index contributed by atoms with van der Waals surface area (Å²) in [6, 6.07) is 3.75. The Kier molecular flexibility index (Phi) is 4.26. The van der Waals surface area contributed by atoms with Gasteiger partial charge in [-0.25, -0.2) is 0 Å². The van der Waals surface area contributed by atoms with Gasteiger partial charge < -0.3 is 14.9 Å². The molecule has 1 unspecified atom stereocenters. The maximum atomic E-state index is 11.9. The number of aliphatic hydroxyl groups excluding tert-OH is 2. The molecule has 0 aromatic heterocycles. The molecule has 1 aromatic carbocycles. The van der Waals surface area contributed by atoms with Crippen LogP contribution >= 0.6 is 11.6 Å². The van der Waals surface area contributed by atoms with Crippen LogP contribution in [0.3, 0.4) is 0 Å². The van der Waals surface area contributed by atoms with E-state index in [-0.39, 0.29) is 16.3 Å². The fraction of sp³-hybridized carbons (Fsp3) is 0.333. The highest BCUT2D eigenvalue weighted by atomic mass is 35.5. The van der Waals surface area contributed by atoms with Crippen LogP contribution in [0.4, 0.5) is 8.78 Å². The van der Waals surface area contributed by atoms with E-state index in [1.54, 1.807) is 0 Å². The molecule has 0 saturated heterocycles. The van der Waals surface area contributed by atoms with Crippen molar-refractivity contribution in [1.82, 2.24) is 0 Å². The van der Waals surface area contributed by atoms with E-state index in [9.17, 15) is 13.9 Å². The van der Waals surface area contributed by atoms with Crippen LogP contribution in [-0.4, -0.2) is 23.4 Å². The van der Waals surface area contributed by atoms with Crippen molar-refractivity contribution in [3.63, 3.8) is 0 Å². The standard InChI is InChI=1S/C9H9ClF2O3/c10-6-1-5(8(14)4-13)2-7(3-6)15-9(11)12/h1-3,8-9,13-14H,4H2. The largest absolute Gasteiger partial charge is 0.435 e. The maximum absolute atomic E-state index is 11.9. The first-order valence-corrected chi connectivity index (χ1v) is 4.45. The number of halogens is 3. The molecule has 84 valence electrons. The lowest BCUT2D eigenvalue weighted by atomic mass is 10.1. The minimum atomic E-state index is -2.96. The van der Waals surface area contributed by atoms with Gasteiger partial charge in [-0.2, -0.15) is 8.78 Å². The first-order chi connectivity index (χ1) is 7.02. The third kappa shape index (κ3) is 3.62. The van der Waals surface area contributed by atoms with Crippen LogP contribution < -0.4 is 4.74 Å². The van der Waals surface area contributed by atoms with Crippen LogP contribution in [0.2, 0.25) is 5.02 Å². The van der Waals surface area contributed by atoms with Gasteiger partial charge in [0.15, 0.2) is 0 Å². The zero-order chi connectivity index (χ0) is 11.4. The summed E-state index contributed by atoms with van der Waals surface area (Å²) >= 11 is 5.62. The molecule has 1 rings (SSSR count). The fourth-order valence-electron chi connectivity index (χ4n) is 1.05. The van der Waals surface area contributed by atoms with Crippen molar-refractivity contribution in [2.24, 2.45) is 0 Å². The smallest absolute Gasteiger partial charge is 0.387 e. The summed E-state index contributed by atoms with van der Waals surface area (Å²) in [6.45, 7) is -3.48. The van der Waals surface area contributed by atoms with E-state index in [1.165, 1.54) is 18.2 Å². The minimum Gasteiger partial charge on any atom is -0.435 e. The van der Waals surface area contributed by atoms with E-state index >= 15 is 0 Å². The molecule has 0 saturated carbocycles. The van der Waals surface area contributed by atoms with Crippen LogP contribution in [0, 0.1) is 0 Å². The lowest BCUT2D eigenvalue weighted by Crippen LogP contribution is -2.05. The summed E-state index contributed by atoms with van der Waals surface area (Å²) in [4.78, 5) is 0. The van der Waals surface area contributed by atoms with Crippen LogP contribution in [0.5, 0.6) is 5.75 Å². The Morgan fingerprint density at radius 3 is 2.53 bits per heavy atom. The molecule has 0 aliphatic rings. The van der Waals surface area contributed by atoms with Gasteiger partial charge in [0.1, 0.15) is 11.9 Å². The Morgan fingerprint density at radius 1 is 1.33 bits per heavy atom. The van der Waals surface area contributed by atoms with E-state index in [4.69, 9.17) is 16.7 Å². The fourth-order valence-corrected chi connectivity index (χ4v) is 1.29. The van der Waals surface area contributed by atoms with E-state index in [0.717, 1.165) is 0 Å². The zero-order valence-electron chi connectivity index (χ0n) is 7.53. The van der Waals surface area contributed by atoms with Crippen molar-refractivity contribution in [3.8, 4) is 5.75 Å². The van der Waals surface area contributed by atoms with Crippen molar-refractivity contribution < 1.29 is 23.7 Å². The van der Waals surface area contributed by atoms with Crippen LogP contribution in [0.1, 0.15) is 11.7 Å². The number of rotatable bonds is 4. The Hall–Kier alpha value is -0.910. The molecule has 0 radical (unpaired) electrons. The summed E-state index contributed by atoms with van der Waals surface area (Å²) < 4.78 is 27.9. The first kappa shape index (κ1) is 12.2. The molecule has 0 amide bonds. The maximum Gasteiger partial charge on any atom is 0.387 e. The van der Waals surface area contributed by atoms with E-state index < -0.39 is 19.3 Å². The molecule has 0 aliphatic heterocycles. The van der Waals surface area contributed by atoms with E-state index in [0.29, 0.717) is 0 Å². The highest BCUT2D eigenvalue weighted by molar-refractivity contribution is 6.30. The van der Waals surface area contributed by atoms with Crippen molar-refractivity contribution in [2.75, 3.05) is 6.61 Å². The molecule has 2 N–H and O–H groups in total. The number of alkyl halides is 2. The van der Waals surface area contributed by atoms with Crippen molar-refractivity contribution in [1.29, 1.82) is 0 Å². The molecule has 1 atom stereocenters. The summed E-state index contributed by atoms with van der Waals surface area (Å²) in [5, 5.41) is 18.1. The summed E-state index contributed by atoms with van der Waals surface area (Å²) in [7, 11) is 0. The summed E-state index contributed by atoms with van der Waals surface area (Å²) in [5.74, 6) is -0.153. The van der Waals surface area contributed by atoms with Gasteiger partial charge >= 0.3 is 6.61 Å². The molecule has 0 heterocycles. The molecular formula is C9H9ClF2O3. The number of aliphatic hydroxyl groups is 2. The SMILES string of the molecule is OCC(O)c1cc(Cl)cc(OC(F)F)c1. The minimum absolute atomic E-state index is 0.149. The van der Waals surface area contributed by atoms with Gasteiger partial charge in [-0.3, -0.25) is 0 Å². The van der Waals surface area contributed by atoms with Crippen LogP contribution in [0.15, 0.2) is 18.2 Å². The van der Waals surface area contributed by atoms with Crippen molar-refractivity contribution >= 4 is 11.6 Å². The molecule has 0 bridgehead atoms. The summed E-state index contributed by atoms with van der Waals surface area (Å²) in [5.41, 5.74) is 0.223. The molecule has 0 spiro atoms. The van der Waals surface area contributed by atoms with E-state index in [2.05, 4.69) is 4.74 Å². The second kappa shape index (κ2) is 5.25. The number of hydrogen-bond donors (Lipinski definition) is 2. The third-order valence-corrected chi connectivity index (χ3v) is 1.89. The molecule has 6 heteroatoms. The second-order valence-corrected chi connectivity index (χ2v) is 3.23. The predicted octanol–water partition coefficient (Wildman–Crippen LogP) is 1.97. The van der Waals surface area contributed by atoms with Crippen LogP contribution in [0.25, 0.3) is 0 Å². The Labute approximate surface area is 89.9 Å². The molecule has 15 heavy (non-hydrogen) atoms. The average molecular weight is 239 g/mol. The molecule has 3 nitrogen and oxygen atoms in total. The molecular weight excluding hydrogens is 230 g/mol. The van der Waals surface area contributed by atoms with Gasteiger partial charge in [-0.05, 0) is 23.8 Å². The lowest BCUT2D eigenvalue weighted by molar-refractivity contribution is -0.0500. The Balaban J connectivity index is 2.94. The Bertz CT molecular complexity index is 333. The van der Waals surface area contributed by atoms with Crippen molar-refractivity contribution in [3.05, 3.63) is 28.8 Å². The monoisotopic (exact) mass is 238 g/mol.